The van der Waals surface area contributed by atoms with E-state index in [1.165, 1.54) is 23.5 Å². The van der Waals surface area contributed by atoms with Crippen LogP contribution in [0.3, 0.4) is 0 Å². The number of carbonyl (C=O) groups excluding carboxylic acids is 1. The molecule has 1 atom stereocenters. The van der Waals surface area contributed by atoms with Crippen LogP contribution in [0.25, 0.3) is 0 Å². The van der Waals surface area contributed by atoms with Crippen molar-refractivity contribution in [2.45, 2.75) is 24.7 Å². The van der Waals surface area contributed by atoms with Crippen LogP contribution in [-0.4, -0.2) is 38.8 Å². The summed E-state index contributed by atoms with van der Waals surface area (Å²) in [7, 11) is -2.42. The van der Waals surface area contributed by atoms with Gasteiger partial charge in [0.25, 0.3) is 0 Å². The molecule has 1 saturated heterocycles. The summed E-state index contributed by atoms with van der Waals surface area (Å²) >= 11 is 6.00. The number of hydrogen-bond acceptors (Lipinski definition) is 4. The lowest BCUT2D eigenvalue weighted by atomic mass is 9.98. The number of amides is 1. The third-order valence-corrected chi connectivity index (χ3v) is 6.91. The Morgan fingerprint density at radius 3 is 2.75 bits per heavy atom. The third kappa shape index (κ3) is 4.48. The van der Waals surface area contributed by atoms with Crippen LogP contribution in [0.5, 0.6) is 5.75 Å². The largest absolute Gasteiger partial charge is 0.495 e. The number of nitrogens with zero attached hydrogens (tertiary/aromatic N) is 1. The number of carbonyl (C=O) groups is 1. The minimum Gasteiger partial charge on any atom is -0.495 e. The van der Waals surface area contributed by atoms with E-state index in [-0.39, 0.29) is 23.1 Å². The van der Waals surface area contributed by atoms with Crippen LogP contribution in [-0.2, 0) is 14.8 Å². The van der Waals surface area contributed by atoms with E-state index in [0.29, 0.717) is 30.1 Å². The molecule has 2 aromatic carbocycles. The molecule has 0 spiro atoms. The monoisotopic (exact) mass is 422 g/mol. The number of halogens is 1. The summed E-state index contributed by atoms with van der Waals surface area (Å²) in [5.74, 6) is -0.367. The number of benzene rings is 2. The minimum atomic E-state index is -3.83. The van der Waals surface area contributed by atoms with Gasteiger partial charge < -0.3 is 10.1 Å². The number of sulfonamides is 1. The molecule has 0 saturated carbocycles. The highest BCUT2D eigenvalue weighted by Crippen LogP contribution is 2.32. The Hall–Kier alpha value is -2.09. The van der Waals surface area contributed by atoms with E-state index in [0.717, 1.165) is 5.56 Å². The van der Waals surface area contributed by atoms with Gasteiger partial charge in [0, 0.05) is 23.8 Å². The second-order valence-corrected chi connectivity index (χ2v) is 9.20. The SMILES string of the molecule is COc1ccc(Cl)cc1S(=O)(=O)N1CCC[C@@H](C(=O)Nc2cccc(C)c2)C1. The van der Waals surface area contributed by atoms with Crippen LogP contribution in [0.2, 0.25) is 5.02 Å². The van der Waals surface area contributed by atoms with E-state index >= 15 is 0 Å². The second-order valence-electron chi connectivity index (χ2n) is 6.86. The van der Waals surface area contributed by atoms with Crippen LogP contribution in [0.15, 0.2) is 47.4 Å². The first-order valence-corrected chi connectivity index (χ1v) is 10.8. The van der Waals surface area contributed by atoms with Crippen molar-refractivity contribution in [1.29, 1.82) is 0 Å². The maximum absolute atomic E-state index is 13.1. The number of nitrogens with one attached hydrogen (secondary N) is 1. The smallest absolute Gasteiger partial charge is 0.246 e. The van der Waals surface area contributed by atoms with Crippen molar-refractivity contribution in [3.05, 3.63) is 53.1 Å². The molecule has 3 rings (SSSR count). The van der Waals surface area contributed by atoms with Gasteiger partial charge >= 0.3 is 0 Å². The van der Waals surface area contributed by atoms with E-state index in [4.69, 9.17) is 16.3 Å². The number of aryl methyl sites for hydroxylation is 1. The summed E-state index contributed by atoms with van der Waals surface area (Å²) < 4.78 is 32.8. The topological polar surface area (TPSA) is 75.7 Å². The van der Waals surface area contributed by atoms with E-state index < -0.39 is 15.9 Å². The Morgan fingerprint density at radius 1 is 1.25 bits per heavy atom. The van der Waals surface area contributed by atoms with Crippen LogP contribution < -0.4 is 10.1 Å². The van der Waals surface area contributed by atoms with Gasteiger partial charge in [-0.3, -0.25) is 4.79 Å². The van der Waals surface area contributed by atoms with Crippen LogP contribution in [0.1, 0.15) is 18.4 Å². The molecule has 0 unspecified atom stereocenters. The number of methoxy groups -OCH3 is 1. The van der Waals surface area contributed by atoms with Gasteiger partial charge in [0.2, 0.25) is 15.9 Å². The predicted octanol–water partition coefficient (Wildman–Crippen LogP) is 3.70. The lowest BCUT2D eigenvalue weighted by Gasteiger charge is -2.31. The molecule has 8 heteroatoms. The first-order chi connectivity index (χ1) is 13.3. The second kappa shape index (κ2) is 8.51. The molecule has 1 fully saturated rings. The van der Waals surface area contributed by atoms with Crippen LogP contribution >= 0.6 is 11.6 Å². The van der Waals surface area contributed by atoms with Gasteiger partial charge in [-0.05, 0) is 55.7 Å². The van der Waals surface area contributed by atoms with E-state index in [1.807, 2.05) is 31.2 Å². The molecule has 1 N–H and O–H groups in total. The fraction of sp³-hybridized carbons (Fsp3) is 0.350. The highest BCUT2D eigenvalue weighted by atomic mass is 35.5. The maximum atomic E-state index is 13.1. The van der Waals surface area contributed by atoms with Gasteiger partial charge in [-0.15, -0.1) is 0 Å². The standard InChI is InChI=1S/C20H23ClN2O4S/c1-14-5-3-7-17(11-14)22-20(24)15-6-4-10-23(13-15)28(25,26)19-12-16(21)8-9-18(19)27-2/h3,5,7-9,11-12,15H,4,6,10,13H2,1-2H3,(H,22,24)/t15-/m1/s1. The summed E-state index contributed by atoms with van der Waals surface area (Å²) in [6.45, 7) is 2.42. The van der Waals surface area contributed by atoms with Gasteiger partial charge in [-0.1, -0.05) is 23.7 Å². The van der Waals surface area contributed by atoms with Crippen LogP contribution in [0.4, 0.5) is 5.69 Å². The Balaban J connectivity index is 1.79. The van der Waals surface area contributed by atoms with Gasteiger partial charge in [0.15, 0.2) is 0 Å². The van der Waals surface area contributed by atoms with Crippen molar-refractivity contribution in [3.8, 4) is 5.75 Å². The van der Waals surface area contributed by atoms with Crippen molar-refractivity contribution in [1.82, 2.24) is 4.31 Å². The summed E-state index contributed by atoms with van der Waals surface area (Å²) in [5.41, 5.74) is 1.75. The number of hydrogen-bond donors (Lipinski definition) is 1. The molecule has 1 amide bonds. The van der Waals surface area contributed by atoms with Gasteiger partial charge in [-0.2, -0.15) is 4.31 Å². The highest BCUT2D eigenvalue weighted by Gasteiger charge is 2.35. The summed E-state index contributed by atoms with van der Waals surface area (Å²) in [5, 5.41) is 3.20. The Labute approximate surface area is 170 Å². The lowest BCUT2D eigenvalue weighted by Crippen LogP contribution is -2.43. The zero-order valence-electron chi connectivity index (χ0n) is 15.8. The predicted molar refractivity (Wildman–Crippen MR) is 109 cm³/mol. The number of anilines is 1. The maximum Gasteiger partial charge on any atom is 0.246 e. The molecule has 150 valence electrons. The quantitative estimate of drug-likeness (QED) is 0.797. The van der Waals surface area contributed by atoms with Gasteiger partial charge in [-0.25, -0.2) is 8.42 Å². The van der Waals surface area contributed by atoms with Crippen molar-refractivity contribution >= 4 is 33.2 Å². The molecule has 1 heterocycles. The average Bonchev–Trinajstić information content (AvgIpc) is 2.68. The third-order valence-electron chi connectivity index (χ3n) is 4.78. The molecule has 0 radical (unpaired) electrons. The Bertz CT molecular complexity index is 978. The molecular formula is C20H23ClN2O4S. The van der Waals surface area contributed by atoms with Gasteiger partial charge in [0.1, 0.15) is 10.6 Å². The van der Waals surface area contributed by atoms with Gasteiger partial charge in [0.05, 0.1) is 13.0 Å². The number of ether oxygens (including phenoxy) is 1. The molecule has 1 aliphatic heterocycles. The molecular weight excluding hydrogens is 400 g/mol. The summed E-state index contributed by atoms with van der Waals surface area (Å²) in [6.07, 6.45) is 1.24. The molecule has 0 bridgehead atoms. The normalized spacial score (nSPS) is 17.9. The lowest BCUT2D eigenvalue weighted by molar-refractivity contribution is -0.120. The van der Waals surface area contributed by atoms with E-state index in [9.17, 15) is 13.2 Å². The molecule has 6 nitrogen and oxygen atoms in total. The fourth-order valence-corrected chi connectivity index (χ4v) is 5.28. The first kappa shape index (κ1) is 20.6. The number of piperidine rings is 1. The molecule has 0 aromatic heterocycles. The van der Waals surface area contributed by atoms with Crippen molar-refractivity contribution in [2.75, 3.05) is 25.5 Å². The zero-order valence-corrected chi connectivity index (χ0v) is 17.4. The van der Waals surface area contributed by atoms with Crippen molar-refractivity contribution in [3.63, 3.8) is 0 Å². The summed E-state index contributed by atoms with van der Waals surface area (Å²) in [4.78, 5) is 12.7. The zero-order chi connectivity index (χ0) is 20.3. The fourth-order valence-electron chi connectivity index (χ4n) is 3.33. The van der Waals surface area contributed by atoms with Crippen molar-refractivity contribution < 1.29 is 17.9 Å². The number of rotatable bonds is 5. The van der Waals surface area contributed by atoms with E-state index in [1.54, 1.807) is 6.07 Å². The van der Waals surface area contributed by atoms with E-state index in [2.05, 4.69) is 5.32 Å². The van der Waals surface area contributed by atoms with Crippen LogP contribution in [0, 0.1) is 12.8 Å². The minimum absolute atomic E-state index is 0.0160. The van der Waals surface area contributed by atoms with Crippen molar-refractivity contribution in [2.24, 2.45) is 5.92 Å². The highest BCUT2D eigenvalue weighted by molar-refractivity contribution is 7.89. The molecule has 28 heavy (non-hydrogen) atoms. The average molecular weight is 423 g/mol. The first-order valence-electron chi connectivity index (χ1n) is 9.02. The summed E-state index contributed by atoms with van der Waals surface area (Å²) in [6, 6.07) is 12.0. The molecule has 2 aromatic rings. The Kier molecular flexibility index (Phi) is 6.27. The molecule has 1 aliphatic rings. The Morgan fingerprint density at radius 2 is 2.04 bits per heavy atom. The molecule has 0 aliphatic carbocycles.